The minimum absolute atomic E-state index is 0.0821. The molecule has 6 heteroatoms. The van der Waals surface area contributed by atoms with Crippen molar-refractivity contribution in [3.63, 3.8) is 0 Å². The number of carbonyl (C=O) groups is 3. The van der Waals surface area contributed by atoms with Crippen LogP contribution in [-0.2, 0) is 9.59 Å². The number of hydrogen-bond acceptors (Lipinski definition) is 3. The van der Waals surface area contributed by atoms with Crippen LogP contribution < -0.4 is 10.6 Å². The third-order valence-electron chi connectivity index (χ3n) is 6.75. The number of amides is 4. The summed E-state index contributed by atoms with van der Waals surface area (Å²) < 4.78 is 0. The lowest BCUT2D eigenvalue weighted by atomic mass is 9.73. The molecular weight excluding hydrogens is 378 g/mol. The van der Waals surface area contributed by atoms with Crippen molar-refractivity contribution in [2.24, 2.45) is 11.8 Å². The predicted molar refractivity (Wildman–Crippen MR) is 117 cm³/mol. The van der Waals surface area contributed by atoms with Gasteiger partial charge in [-0.3, -0.25) is 14.5 Å². The van der Waals surface area contributed by atoms with Gasteiger partial charge in [0.2, 0.25) is 5.91 Å². The molecule has 2 N–H and O–H groups in total. The van der Waals surface area contributed by atoms with Crippen LogP contribution in [0, 0.1) is 11.8 Å². The molecule has 30 heavy (non-hydrogen) atoms. The van der Waals surface area contributed by atoms with E-state index in [1.165, 1.54) is 5.56 Å². The number of rotatable bonds is 6. The summed E-state index contributed by atoms with van der Waals surface area (Å²) in [7, 11) is 0. The van der Waals surface area contributed by atoms with E-state index in [1.807, 2.05) is 32.9 Å². The number of nitrogens with one attached hydrogen (secondary N) is 2. The first-order valence-corrected chi connectivity index (χ1v) is 11.2. The fourth-order valence-electron chi connectivity index (χ4n) is 4.72. The van der Waals surface area contributed by atoms with Crippen LogP contribution in [0.4, 0.5) is 4.79 Å². The molecule has 0 bridgehead atoms. The first kappa shape index (κ1) is 22.3. The quantitative estimate of drug-likeness (QED) is 0.689. The zero-order valence-electron chi connectivity index (χ0n) is 18.8. The molecule has 1 saturated heterocycles. The maximum absolute atomic E-state index is 13.1. The number of benzene rings is 1. The van der Waals surface area contributed by atoms with Crippen LogP contribution >= 0.6 is 0 Å². The summed E-state index contributed by atoms with van der Waals surface area (Å²) in [6.07, 6.45) is 3.54. The average molecular weight is 414 g/mol. The van der Waals surface area contributed by atoms with E-state index < -0.39 is 11.6 Å². The van der Waals surface area contributed by atoms with Crippen LogP contribution in [0.1, 0.15) is 83.4 Å². The van der Waals surface area contributed by atoms with E-state index in [4.69, 9.17) is 0 Å². The van der Waals surface area contributed by atoms with Crippen LogP contribution in [0.3, 0.4) is 0 Å². The lowest BCUT2D eigenvalue weighted by Crippen LogP contribution is -2.54. The minimum Gasteiger partial charge on any atom is -0.347 e. The molecule has 1 spiro atoms. The molecule has 0 aromatic heterocycles. The molecule has 2 fully saturated rings. The van der Waals surface area contributed by atoms with Crippen LogP contribution in [0.5, 0.6) is 0 Å². The van der Waals surface area contributed by atoms with E-state index in [0.29, 0.717) is 12.3 Å². The lowest BCUT2D eigenvalue weighted by molar-refractivity contribution is -0.137. The standard InChI is InChI=1S/C24H35N3O3/c1-15(2)18-9-11-19(12-10-18)21(16(3)4)25-20(28)14-27-22(29)24(26-23(27)30)13-7-6-8-17(24)5/h9-12,15-17,21H,6-8,13-14H2,1-5H3,(H,25,28)(H,26,30)/t17-,21+,24-/m0/s1. The first-order chi connectivity index (χ1) is 14.2. The number of nitrogens with zero attached hydrogens (tertiary/aromatic N) is 1. The van der Waals surface area contributed by atoms with Crippen LogP contribution in [0.25, 0.3) is 0 Å². The molecule has 1 heterocycles. The number of imide groups is 1. The van der Waals surface area contributed by atoms with Gasteiger partial charge < -0.3 is 10.6 Å². The lowest BCUT2D eigenvalue weighted by Gasteiger charge is -2.36. The van der Waals surface area contributed by atoms with Gasteiger partial charge in [-0.25, -0.2) is 4.79 Å². The third kappa shape index (κ3) is 4.23. The molecule has 6 nitrogen and oxygen atoms in total. The van der Waals surface area contributed by atoms with Gasteiger partial charge in [-0.15, -0.1) is 0 Å². The van der Waals surface area contributed by atoms with Crippen molar-refractivity contribution in [1.29, 1.82) is 0 Å². The Labute approximate surface area is 179 Å². The Balaban J connectivity index is 1.70. The predicted octanol–water partition coefficient (Wildman–Crippen LogP) is 4.12. The molecule has 164 valence electrons. The fourth-order valence-corrected chi connectivity index (χ4v) is 4.72. The molecule has 1 aromatic rings. The molecule has 0 unspecified atom stereocenters. The summed E-state index contributed by atoms with van der Waals surface area (Å²) in [5.41, 5.74) is 1.44. The second-order valence-electron chi connectivity index (χ2n) is 9.55. The van der Waals surface area contributed by atoms with E-state index in [0.717, 1.165) is 29.7 Å². The second kappa shape index (κ2) is 8.78. The van der Waals surface area contributed by atoms with Gasteiger partial charge in [-0.2, -0.15) is 0 Å². The average Bonchev–Trinajstić information content (AvgIpc) is 2.93. The van der Waals surface area contributed by atoms with E-state index in [9.17, 15) is 14.4 Å². The molecule has 1 aromatic carbocycles. The van der Waals surface area contributed by atoms with Gasteiger partial charge in [0, 0.05) is 0 Å². The highest BCUT2D eigenvalue weighted by Crippen LogP contribution is 2.38. The van der Waals surface area contributed by atoms with Gasteiger partial charge in [0.05, 0.1) is 6.04 Å². The van der Waals surface area contributed by atoms with E-state index in [-0.39, 0.29) is 36.2 Å². The maximum Gasteiger partial charge on any atom is 0.325 e. The van der Waals surface area contributed by atoms with Crippen molar-refractivity contribution in [1.82, 2.24) is 15.5 Å². The molecule has 1 aliphatic heterocycles. The third-order valence-corrected chi connectivity index (χ3v) is 6.75. The van der Waals surface area contributed by atoms with Crippen molar-refractivity contribution < 1.29 is 14.4 Å². The SMILES string of the molecule is CC(C)c1ccc([C@H](NC(=O)CN2C(=O)N[C@]3(CCCC[C@@H]3C)C2=O)C(C)C)cc1. The molecule has 4 amide bonds. The van der Waals surface area contributed by atoms with Gasteiger partial charge >= 0.3 is 6.03 Å². The van der Waals surface area contributed by atoms with Crippen LogP contribution in [-0.4, -0.2) is 34.8 Å². The summed E-state index contributed by atoms with van der Waals surface area (Å²) >= 11 is 0. The molecule has 1 aliphatic carbocycles. The van der Waals surface area contributed by atoms with Gasteiger partial charge in [0.15, 0.2) is 0 Å². The Morgan fingerprint density at radius 1 is 1.13 bits per heavy atom. The summed E-state index contributed by atoms with van der Waals surface area (Å²) in [6.45, 7) is 10.2. The highest BCUT2D eigenvalue weighted by atomic mass is 16.2. The number of urea groups is 1. The zero-order valence-corrected chi connectivity index (χ0v) is 18.8. The fraction of sp³-hybridized carbons (Fsp3) is 0.625. The maximum atomic E-state index is 13.1. The van der Waals surface area contributed by atoms with Crippen molar-refractivity contribution >= 4 is 17.8 Å². The largest absolute Gasteiger partial charge is 0.347 e. The Morgan fingerprint density at radius 3 is 2.33 bits per heavy atom. The molecule has 0 radical (unpaired) electrons. The van der Waals surface area contributed by atoms with Crippen LogP contribution in [0.15, 0.2) is 24.3 Å². The van der Waals surface area contributed by atoms with Gasteiger partial charge in [-0.05, 0) is 41.7 Å². The van der Waals surface area contributed by atoms with Gasteiger partial charge in [0.1, 0.15) is 12.1 Å². The molecular formula is C24H35N3O3. The van der Waals surface area contributed by atoms with E-state index in [1.54, 1.807) is 0 Å². The summed E-state index contributed by atoms with van der Waals surface area (Å²) in [5.74, 6) is 0.133. The summed E-state index contributed by atoms with van der Waals surface area (Å²) in [4.78, 5) is 39.6. The molecule has 3 atom stereocenters. The molecule has 2 aliphatic rings. The Hall–Kier alpha value is -2.37. The smallest absolute Gasteiger partial charge is 0.325 e. The van der Waals surface area contributed by atoms with Gasteiger partial charge in [0.25, 0.3) is 5.91 Å². The molecule has 1 saturated carbocycles. The number of carbonyl (C=O) groups excluding carboxylic acids is 3. The highest BCUT2D eigenvalue weighted by molar-refractivity contribution is 6.09. The highest BCUT2D eigenvalue weighted by Gasteiger charge is 2.55. The second-order valence-corrected chi connectivity index (χ2v) is 9.55. The van der Waals surface area contributed by atoms with Crippen molar-refractivity contribution in [2.75, 3.05) is 6.54 Å². The van der Waals surface area contributed by atoms with Crippen molar-refractivity contribution in [3.8, 4) is 0 Å². The van der Waals surface area contributed by atoms with Crippen LogP contribution in [0.2, 0.25) is 0 Å². The van der Waals surface area contributed by atoms with Crippen molar-refractivity contribution in [3.05, 3.63) is 35.4 Å². The molecule has 3 rings (SSSR count). The Morgan fingerprint density at radius 2 is 1.77 bits per heavy atom. The van der Waals surface area contributed by atoms with Crippen molar-refractivity contribution in [2.45, 2.75) is 77.8 Å². The zero-order chi connectivity index (χ0) is 22.1. The summed E-state index contributed by atoms with van der Waals surface area (Å²) in [6, 6.07) is 7.65. The van der Waals surface area contributed by atoms with Gasteiger partial charge in [-0.1, -0.05) is 71.7 Å². The number of hydrogen-bond donors (Lipinski definition) is 2. The monoisotopic (exact) mass is 413 g/mol. The Bertz CT molecular complexity index is 802. The van der Waals surface area contributed by atoms with E-state index in [2.05, 4.69) is 36.6 Å². The minimum atomic E-state index is -0.834. The van der Waals surface area contributed by atoms with E-state index >= 15 is 0 Å². The topological polar surface area (TPSA) is 78.5 Å². The normalized spacial score (nSPS) is 25.2. The first-order valence-electron chi connectivity index (χ1n) is 11.2. The summed E-state index contributed by atoms with van der Waals surface area (Å²) in [5, 5.41) is 5.95. The Kier molecular flexibility index (Phi) is 6.53.